The third-order valence-corrected chi connectivity index (χ3v) is 4.25. The van der Waals surface area contributed by atoms with Gasteiger partial charge in [-0.2, -0.15) is 0 Å². The maximum absolute atomic E-state index is 14.2. The molecule has 0 aliphatic heterocycles. The molecule has 0 amide bonds. The van der Waals surface area contributed by atoms with E-state index in [0.29, 0.717) is 16.5 Å². The van der Waals surface area contributed by atoms with E-state index in [1.807, 2.05) is 13.0 Å². The zero-order valence-electron chi connectivity index (χ0n) is 11.4. The molecule has 0 heterocycles. The van der Waals surface area contributed by atoms with Gasteiger partial charge in [0.05, 0.1) is 0 Å². The molecule has 1 nitrogen and oxygen atoms in total. The Morgan fingerprint density at radius 1 is 1.30 bits per heavy atom. The van der Waals surface area contributed by atoms with Crippen LogP contribution < -0.4 is 5.32 Å². The topological polar surface area (TPSA) is 12.0 Å². The van der Waals surface area contributed by atoms with Crippen LogP contribution in [0.1, 0.15) is 35.6 Å². The minimum Gasteiger partial charge on any atom is -0.310 e. The van der Waals surface area contributed by atoms with Crippen molar-refractivity contribution < 1.29 is 4.39 Å². The SMILES string of the molecule is CCNC(c1ccc(Cl)cc1F)C1Cc2ccccc21. The predicted octanol–water partition coefficient (Wildman–Crippen LogP) is 4.47. The molecule has 3 heteroatoms. The summed E-state index contributed by atoms with van der Waals surface area (Å²) in [7, 11) is 0. The summed E-state index contributed by atoms with van der Waals surface area (Å²) in [6.45, 7) is 2.86. The molecule has 0 saturated carbocycles. The van der Waals surface area contributed by atoms with Crippen LogP contribution in [0.25, 0.3) is 0 Å². The summed E-state index contributed by atoms with van der Waals surface area (Å²) >= 11 is 5.85. The largest absolute Gasteiger partial charge is 0.310 e. The molecule has 0 saturated heterocycles. The van der Waals surface area contributed by atoms with Crippen LogP contribution >= 0.6 is 11.6 Å². The molecule has 0 fully saturated rings. The number of benzene rings is 2. The number of halogens is 2. The Morgan fingerprint density at radius 3 is 2.80 bits per heavy atom. The fraction of sp³-hybridized carbons (Fsp3) is 0.294. The Labute approximate surface area is 123 Å². The van der Waals surface area contributed by atoms with Crippen LogP contribution in [0.2, 0.25) is 5.02 Å². The quantitative estimate of drug-likeness (QED) is 0.876. The van der Waals surface area contributed by atoms with Crippen LogP contribution in [0.15, 0.2) is 42.5 Å². The smallest absolute Gasteiger partial charge is 0.129 e. The van der Waals surface area contributed by atoms with Crippen molar-refractivity contribution in [3.8, 4) is 0 Å². The van der Waals surface area contributed by atoms with Gasteiger partial charge in [0.1, 0.15) is 5.82 Å². The highest BCUT2D eigenvalue weighted by atomic mass is 35.5. The van der Waals surface area contributed by atoms with Crippen molar-refractivity contribution in [2.45, 2.75) is 25.3 Å². The Bertz CT molecular complexity index is 626. The molecule has 20 heavy (non-hydrogen) atoms. The van der Waals surface area contributed by atoms with Gasteiger partial charge >= 0.3 is 0 Å². The number of nitrogens with one attached hydrogen (secondary N) is 1. The van der Waals surface area contributed by atoms with Crippen LogP contribution in [0.4, 0.5) is 4.39 Å². The molecule has 0 bridgehead atoms. The van der Waals surface area contributed by atoms with E-state index < -0.39 is 0 Å². The average molecular weight is 290 g/mol. The van der Waals surface area contributed by atoms with Crippen molar-refractivity contribution >= 4 is 11.6 Å². The maximum atomic E-state index is 14.2. The van der Waals surface area contributed by atoms with Gasteiger partial charge in [-0.15, -0.1) is 0 Å². The van der Waals surface area contributed by atoms with Crippen molar-refractivity contribution in [2.24, 2.45) is 0 Å². The molecular formula is C17H17ClFN. The third-order valence-electron chi connectivity index (χ3n) is 4.02. The molecule has 0 spiro atoms. The van der Waals surface area contributed by atoms with E-state index in [1.54, 1.807) is 12.1 Å². The minimum atomic E-state index is -0.229. The number of fused-ring (bicyclic) bond motifs is 1. The normalized spacial score (nSPS) is 18.2. The lowest BCUT2D eigenvalue weighted by Crippen LogP contribution is -2.33. The maximum Gasteiger partial charge on any atom is 0.129 e. The highest BCUT2D eigenvalue weighted by Crippen LogP contribution is 2.44. The second-order valence-electron chi connectivity index (χ2n) is 5.21. The minimum absolute atomic E-state index is 0.00664. The van der Waals surface area contributed by atoms with Gasteiger partial charge in [-0.25, -0.2) is 4.39 Å². The first kappa shape index (κ1) is 13.6. The van der Waals surface area contributed by atoms with Crippen LogP contribution in [-0.4, -0.2) is 6.54 Å². The highest BCUT2D eigenvalue weighted by Gasteiger charge is 2.34. The van der Waals surface area contributed by atoms with Crippen molar-refractivity contribution in [3.05, 3.63) is 70.0 Å². The van der Waals surface area contributed by atoms with E-state index >= 15 is 0 Å². The molecule has 1 N–H and O–H groups in total. The van der Waals surface area contributed by atoms with Crippen molar-refractivity contribution in [2.75, 3.05) is 6.54 Å². The van der Waals surface area contributed by atoms with Crippen molar-refractivity contribution in [1.82, 2.24) is 5.32 Å². The van der Waals surface area contributed by atoms with Gasteiger partial charge in [0, 0.05) is 22.5 Å². The van der Waals surface area contributed by atoms with E-state index in [-0.39, 0.29) is 11.9 Å². The molecule has 0 radical (unpaired) electrons. The summed E-state index contributed by atoms with van der Waals surface area (Å²) in [5.41, 5.74) is 3.40. The van der Waals surface area contributed by atoms with E-state index in [2.05, 4.69) is 23.5 Å². The Balaban J connectivity index is 1.95. The fourth-order valence-corrected chi connectivity index (χ4v) is 3.20. The summed E-state index contributed by atoms with van der Waals surface area (Å²) < 4.78 is 14.2. The number of likely N-dealkylation sites (N-methyl/N-ethyl adjacent to an activating group) is 1. The number of hydrogen-bond acceptors (Lipinski definition) is 1. The molecular weight excluding hydrogens is 273 g/mol. The van der Waals surface area contributed by atoms with Gasteiger partial charge in [-0.1, -0.05) is 48.9 Å². The van der Waals surface area contributed by atoms with Gasteiger partial charge < -0.3 is 5.32 Å². The van der Waals surface area contributed by atoms with Crippen LogP contribution in [0.3, 0.4) is 0 Å². The van der Waals surface area contributed by atoms with Gasteiger partial charge in [0.15, 0.2) is 0 Å². The first-order chi connectivity index (χ1) is 9.70. The lowest BCUT2D eigenvalue weighted by atomic mass is 9.71. The van der Waals surface area contributed by atoms with Crippen LogP contribution in [0.5, 0.6) is 0 Å². The van der Waals surface area contributed by atoms with Gasteiger partial charge in [0.2, 0.25) is 0 Å². The molecule has 2 unspecified atom stereocenters. The zero-order chi connectivity index (χ0) is 14.1. The van der Waals surface area contributed by atoms with Crippen molar-refractivity contribution in [3.63, 3.8) is 0 Å². The number of rotatable bonds is 4. The Kier molecular flexibility index (Phi) is 3.77. The molecule has 1 aliphatic rings. The highest BCUT2D eigenvalue weighted by molar-refractivity contribution is 6.30. The lowest BCUT2D eigenvalue weighted by Gasteiger charge is -2.37. The molecule has 104 valence electrons. The fourth-order valence-electron chi connectivity index (χ4n) is 3.04. The van der Waals surface area contributed by atoms with E-state index in [4.69, 9.17) is 11.6 Å². The van der Waals surface area contributed by atoms with Gasteiger partial charge in [0.25, 0.3) is 0 Å². The second kappa shape index (κ2) is 5.55. The van der Waals surface area contributed by atoms with Crippen LogP contribution in [-0.2, 0) is 6.42 Å². The Morgan fingerprint density at radius 2 is 2.10 bits per heavy atom. The molecule has 2 aromatic rings. The molecule has 0 aromatic heterocycles. The standard InChI is InChI=1S/C17H17ClFN/c1-2-20-17(14-8-7-12(18)10-16(14)19)15-9-11-5-3-4-6-13(11)15/h3-8,10,15,17,20H,2,9H2,1H3. The number of hydrogen-bond donors (Lipinski definition) is 1. The van der Waals surface area contributed by atoms with Gasteiger partial charge in [-0.3, -0.25) is 0 Å². The van der Waals surface area contributed by atoms with E-state index in [9.17, 15) is 4.39 Å². The van der Waals surface area contributed by atoms with Crippen molar-refractivity contribution in [1.29, 1.82) is 0 Å². The zero-order valence-corrected chi connectivity index (χ0v) is 12.1. The molecule has 2 aromatic carbocycles. The summed E-state index contributed by atoms with van der Waals surface area (Å²) in [4.78, 5) is 0. The lowest BCUT2D eigenvalue weighted by molar-refractivity contribution is 0.405. The summed E-state index contributed by atoms with van der Waals surface area (Å²) in [5, 5.41) is 3.86. The summed E-state index contributed by atoms with van der Waals surface area (Å²) in [5.74, 6) is 0.106. The monoisotopic (exact) mass is 289 g/mol. The first-order valence-electron chi connectivity index (χ1n) is 6.97. The molecule has 1 aliphatic carbocycles. The Hall–Kier alpha value is -1.38. The molecule has 3 rings (SSSR count). The predicted molar refractivity (Wildman–Crippen MR) is 80.7 cm³/mol. The third kappa shape index (κ3) is 2.34. The summed E-state index contributed by atoms with van der Waals surface area (Å²) in [6, 6.07) is 13.3. The average Bonchev–Trinajstić information content (AvgIpc) is 2.39. The van der Waals surface area contributed by atoms with Gasteiger partial charge in [-0.05, 0) is 36.2 Å². The second-order valence-corrected chi connectivity index (χ2v) is 5.65. The first-order valence-corrected chi connectivity index (χ1v) is 7.34. The van der Waals surface area contributed by atoms with E-state index in [0.717, 1.165) is 13.0 Å². The molecule has 2 atom stereocenters. The summed E-state index contributed by atoms with van der Waals surface area (Å²) in [6.07, 6.45) is 0.996. The van der Waals surface area contributed by atoms with Crippen LogP contribution in [0, 0.1) is 5.82 Å². The van der Waals surface area contributed by atoms with E-state index in [1.165, 1.54) is 17.2 Å².